The standard InChI is InChI=1S/C12H16ClN3O4S/c1-8-7-9(5-6-14-8)15-21(19,20)12-10(13)3-2-4-11(12)16(17)18/h2-4,8-9,14-15H,5-7H2,1H3. The molecule has 21 heavy (non-hydrogen) atoms. The van der Waals surface area contributed by atoms with E-state index in [0.29, 0.717) is 19.4 Å². The summed E-state index contributed by atoms with van der Waals surface area (Å²) in [5, 5.41) is 14.1. The first-order chi connectivity index (χ1) is 9.81. The average Bonchev–Trinajstić information content (AvgIpc) is 2.37. The maximum absolute atomic E-state index is 12.4. The van der Waals surface area contributed by atoms with E-state index < -0.39 is 25.5 Å². The van der Waals surface area contributed by atoms with Crippen LogP contribution in [0.25, 0.3) is 0 Å². The van der Waals surface area contributed by atoms with Crippen LogP contribution in [0, 0.1) is 10.1 Å². The number of halogens is 1. The van der Waals surface area contributed by atoms with Crippen molar-refractivity contribution >= 4 is 27.3 Å². The highest BCUT2D eigenvalue weighted by atomic mass is 35.5. The first kappa shape index (κ1) is 16.2. The second-order valence-corrected chi connectivity index (χ2v) is 7.10. The summed E-state index contributed by atoms with van der Waals surface area (Å²) in [5.41, 5.74) is -0.517. The molecule has 2 atom stereocenters. The van der Waals surface area contributed by atoms with Crippen LogP contribution in [0.1, 0.15) is 19.8 Å². The van der Waals surface area contributed by atoms with Gasteiger partial charge in [0.1, 0.15) is 0 Å². The zero-order valence-corrected chi connectivity index (χ0v) is 12.9. The van der Waals surface area contributed by atoms with Gasteiger partial charge in [-0.05, 0) is 32.4 Å². The van der Waals surface area contributed by atoms with Crippen molar-refractivity contribution in [2.45, 2.75) is 36.7 Å². The third kappa shape index (κ3) is 3.70. The third-order valence-corrected chi connectivity index (χ3v) is 5.39. The minimum absolute atomic E-state index is 0.154. The van der Waals surface area contributed by atoms with Crippen molar-refractivity contribution < 1.29 is 13.3 Å². The summed E-state index contributed by atoms with van der Waals surface area (Å²) >= 11 is 5.87. The third-order valence-electron chi connectivity index (χ3n) is 3.36. The molecule has 116 valence electrons. The zero-order chi connectivity index (χ0) is 15.6. The largest absolute Gasteiger partial charge is 0.314 e. The fraction of sp³-hybridized carbons (Fsp3) is 0.500. The van der Waals surface area contributed by atoms with Crippen molar-refractivity contribution in [3.63, 3.8) is 0 Å². The maximum atomic E-state index is 12.4. The summed E-state index contributed by atoms with van der Waals surface area (Å²) in [5.74, 6) is 0. The number of nitrogens with one attached hydrogen (secondary N) is 2. The summed E-state index contributed by atoms with van der Waals surface area (Å²) in [6.45, 7) is 2.65. The molecule has 2 rings (SSSR count). The van der Waals surface area contributed by atoms with Gasteiger partial charge in [-0.1, -0.05) is 17.7 Å². The second-order valence-electron chi connectivity index (χ2n) is 5.04. The predicted octanol–water partition coefficient (Wildman–Crippen LogP) is 1.67. The van der Waals surface area contributed by atoms with Crippen molar-refractivity contribution in [1.82, 2.24) is 10.0 Å². The smallest absolute Gasteiger partial charge is 0.290 e. The Morgan fingerprint density at radius 3 is 2.81 bits per heavy atom. The van der Waals surface area contributed by atoms with Crippen LogP contribution in [0.15, 0.2) is 23.1 Å². The molecule has 0 amide bonds. The summed E-state index contributed by atoms with van der Waals surface area (Å²) < 4.78 is 27.4. The molecule has 0 aromatic heterocycles. The van der Waals surface area contributed by atoms with Crippen molar-refractivity contribution in [3.8, 4) is 0 Å². The second kappa shape index (κ2) is 6.27. The van der Waals surface area contributed by atoms with Gasteiger partial charge in [-0.2, -0.15) is 0 Å². The minimum Gasteiger partial charge on any atom is -0.314 e. The van der Waals surface area contributed by atoms with Crippen molar-refractivity contribution in [3.05, 3.63) is 33.3 Å². The van der Waals surface area contributed by atoms with Crippen molar-refractivity contribution in [2.24, 2.45) is 0 Å². The molecule has 0 aliphatic carbocycles. The van der Waals surface area contributed by atoms with Gasteiger partial charge in [-0.15, -0.1) is 0 Å². The average molecular weight is 334 g/mol. The Morgan fingerprint density at radius 2 is 2.19 bits per heavy atom. The first-order valence-corrected chi connectivity index (χ1v) is 8.36. The molecule has 9 heteroatoms. The van der Waals surface area contributed by atoms with Crippen LogP contribution < -0.4 is 10.0 Å². The van der Waals surface area contributed by atoms with Crippen molar-refractivity contribution in [2.75, 3.05) is 6.54 Å². The van der Waals surface area contributed by atoms with Crippen molar-refractivity contribution in [1.29, 1.82) is 0 Å². The van der Waals surface area contributed by atoms with E-state index in [1.54, 1.807) is 0 Å². The highest BCUT2D eigenvalue weighted by Crippen LogP contribution is 2.31. The molecule has 0 spiro atoms. The molecule has 0 radical (unpaired) electrons. The van der Waals surface area contributed by atoms with Gasteiger partial charge in [-0.25, -0.2) is 13.1 Å². The minimum atomic E-state index is -4.04. The number of nitro groups is 1. The SMILES string of the molecule is CC1CC(NS(=O)(=O)c2c(Cl)cccc2[N+](=O)[O-])CCN1. The number of hydrogen-bond donors (Lipinski definition) is 2. The van der Waals surface area contributed by atoms with E-state index in [0.717, 1.165) is 6.07 Å². The van der Waals surface area contributed by atoms with E-state index in [2.05, 4.69) is 10.0 Å². The van der Waals surface area contributed by atoms with Gasteiger partial charge < -0.3 is 5.32 Å². The summed E-state index contributed by atoms with van der Waals surface area (Å²) in [7, 11) is -4.04. The molecule has 2 unspecified atom stereocenters. The number of sulfonamides is 1. The lowest BCUT2D eigenvalue weighted by Crippen LogP contribution is -2.46. The molecule has 1 heterocycles. The van der Waals surface area contributed by atoms with Gasteiger partial charge in [0, 0.05) is 18.2 Å². The Hall–Kier alpha value is -1.22. The lowest BCUT2D eigenvalue weighted by Gasteiger charge is -2.28. The molecule has 0 bridgehead atoms. The van der Waals surface area contributed by atoms with Gasteiger partial charge in [0.05, 0.1) is 9.95 Å². The molecule has 0 saturated carbocycles. The molecule has 7 nitrogen and oxygen atoms in total. The number of rotatable bonds is 4. The Morgan fingerprint density at radius 1 is 1.48 bits per heavy atom. The Labute approximate surface area is 127 Å². The van der Waals surface area contributed by atoms with E-state index in [9.17, 15) is 18.5 Å². The van der Waals surface area contributed by atoms with Crippen LogP contribution in [-0.4, -0.2) is 32.0 Å². The van der Waals surface area contributed by atoms with Crippen LogP contribution in [0.5, 0.6) is 0 Å². The Kier molecular flexibility index (Phi) is 4.82. The van der Waals surface area contributed by atoms with Crippen LogP contribution in [0.4, 0.5) is 5.69 Å². The molecule has 1 aliphatic heterocycles. The molecule has 1 aromatic rings. The maximum Gasteiger partial charge on any atom is 0.290 e. The number of piperidine rings is 1. The zero-order valence-electron chi connectivity index (χ0n) is 11.4. The van der Waals surface area contributed by atoms with Crippen LogP contribution in [-0.2, 0) is 10.0 Å². The molecule has 1 aliphatic rings. The summed E-state index contributed by atoms with van der Waals surface area (Å²) in [6.07, 6.45) is 1.25. The normalized spacial score (nSPS) is 23.0. The van der Waals surface area contributed by atoms with E-state index in [-0.39, 0.29) is 17.1 Å². The van der Waals surface area contributed by atoms with Crippen LogP contribution >= 0.6 is 11.6 Å². The van der Waals surface area contributed by atoms with Crippen LogP contribution in [0.2, 0.25) is 5.02 Å². The van der Waals surface area contributed by atoms with Gasteiger partial charge in [-0.3, -0.25) is 10.1 Å². The number of nitrogens with zero attached hydrogens (tertiary/aromatic N) is 1. The summed E-state index contributed by atoms with van der Waals surface area (Å²) in [4.78, 5) is 9.80. The molecular weight excluding hydrogens is 318 g/mol. The quantitative estimate of drug-likeness (QED) is 0.644. The fourth-order valence-electron chi connectivity index (χ4n) is 2.42. The number of nitro benzene ring substituents is 1. The van der Waals surface area contributed by atoms with Gasteiger partial charge >= 0.3 is 0 Å². The van der Waals surface area contributed by atoms with E-state index in [4.69, 9.17) is 11.6 Å². The highest BCUT2D eigenvalue weighted by molar-refractivity contribution is 7.89. The van der Waals surface area contributed by atoms with E-state index in [1.165, 1.54) is 12.1 Å². The number of benzene rings is 1. The fourth-order valence-corrected chi connectivity index (χ4v) is 4.41. The molecule has 1 aromatic carbocycles. The monoisotopic (exact) mass is 333 g/mol. The van der Waals surface area contributed by atoms with Gasteiger partial charge in [0.25, 0.3) is 5.69 Å². The Balaban J connectivity index is 2.33. The van der Waals surface area contributed by atoms with Crippen LogP contribution in [0.3, 0.4) is 0 Å². The van der Waals surface area contributed by atoms with E-state index in [1.807, 2.05) is 6.92 Å². The summed E-state index contributed by atoms with van der Waals surface area (Å²) in [6, 6.07) is 3.74. The molecule has 1 saturated heterocycles. The molecule has 1 fully saturated rings. The lowest BCUT2D eigenvalue weighted by atomic mass is 10.0. The topological polar surface area (TPSA) is 101 Å². The van der Waals surface area contributed by atoms with Gasteiger partial charge in [0.15, 0.2) is 4.90 Å². The number of hydrogen-bond acceptors (Lipinski definition) is 5. The predicted molar refractivity (Wildman–Crippen MR) is 78.9 cm³/mol. The van der Waals surface area contributed by atoms with E-state index >= 15 is 0 Å². The lowest BCUT2D eigenvalue weighted by molar-refractivity contribution is -0.387. The highest BCUT2D eigenvalue weighted by Gasteiger charge is 2.31. The van der Waals surface area contributed by atoms with Gasteiger partial charge in [0.2, 0.25) is 10.0 Å². The first-order valence-electron chi connectivity index (χ1n) is 6.50. The molecular formula is C12H16ClN3O4S. The molecule has 2 N–H and O–H groups in total. The Bertz CT molecular complexity index is 650.